The molecule has 6 nitrogen and oxygen atoms in total. The molecule has 0 bridgehead atoms. The highest BCUT2D eigenvalue weighted by molar-refractivity contribution is 5.92. The molecule has 0 radical (unpaired) electrons. The number of carbonyl (C=O) groups excluding carboxylic acids is 1. The van der Waals surface area contributed by atoms with Crippen LogP contribution in [0.4, 0.5) is 11.4 Å². The molecule has 0 spiro atoms. The molecule has 1 saturated heterocycles. The van der Waals surface area contributed by atoms with Crippen molar-refractivity contribution < 1.29 is 4.79 Å². The van der Waals surface area contributed by atoms with Gasteiger partial charge < -0.3 is 15.1 Å². The van der Waals surface area contributed by atoms with Crippen molar-refractivity contribution in [3.63, 3.8) is 0 Å². The normalized spacial score (nSPS) is 15.2. The van der Waals surface area contributed by atoms with Crippen molar-refractivity contribution >= 4 is 17.3 Å². The quantitative estimate of drug-likeness (QED) is 0.880. The van der Waals surface area contributed by atoms with Crippen LogP contribution in [0.1, 0.15) is 29.4 Å². The minimum Gasteiger partial charge on any atom is -0.369 e. The number of aryl methyl sites for hydroxylation is 3. The molecule has 2 aromatic rings. The number of carbonyl (C=O) groups is 1. The SMILES string of the molecule is CCN1CCN(c2ccc(NC(=O)Cc3c(C)nn(C)c3C)cc2C)CC1. The number of aromatic nitrogens is 2. The summed E-state index contributed by atoms with van der Waals surface area (Å²) in [4.78, 5) is 17.4. The Hall–Kier alpha value is -2.34. The lowest BCUT2D eigenvalue weighted by Gasteiger charge is -2.36. The molecule has 0 saturated carbocycles. The number of benzene rings is 1. The molecule has 1 aliphatic rings. The zero-order valence-corrected chi connectivity index (χ0v) is 17.2. The molecule has 1 amide bonds. The van der Waals surface area contributed by atoms with Crippen LogP contribution in [0.3, 0.4) is 0 Å². The molecule has 1 fully saturated rings. The van der Waals surface area contributed by atoms with Crippen LogP contribution in [0.25, 0.3) is 0 Å². The standard InChI is InChI=1S/C21H31N5O/c1-6-25-9-11-26(12-10-25)20-8-7-18(13-15(20)2)22-21(27)14-19-16(3)23-24(5)17(19)4/h7-8,13H,6,9-12,14H2,1-5H3,(H,22,27). The van der Waals surface area contributed by atoms with Crippen LogP contribution in [0.2, 0.25) is 0 Å². The highest BCUT2D eigenvalue weighted by Crippen LogP contribution is 2.25. The predicted molar refractivity (Wildman–Crippen MR) is 111 cm³/mol. The zero-order valence-electron chi connectivity index (χ0n) is 17.2. The van der Waals surface area contributed by atoms with E-state index in [1.165, 1.54) is 11.3 Å². The Bertz CT molecular complexity index is 818. The Morgan fingerprint density at radius 3 is 2.41 bits per heavy atom. The van der Waals surface area contributed by atoms with E-state index < -0.39 is 0 Å². The summed E-state index contributed by atoms with van der Waals surface area (Å²) in [7, 11) is 1.91. The smallest absolute Gasteiger partial charge is 0.228 e. The summed E-state index contributed by atoms with van der Waals surface area (Å²) < 4.78 is 1.83. The average molecular weight is 370 g/mol. The van der Waals surface area contributed by atoms with Crippen molar-refractivity contribution in [1.29, 1.82) is 0 Å². The largest absolute Gasteiger partial charge is 0.369 e. The van der Waals surface area contributed by atoms with Gasteiger partial charge in [0.2, 0.25) is 5.91 Å². The molecule has 146 valence electrons. The van der Waals surface area contributed by atoms with Gasteiger partial charge in [0.1, 0.15) is 0 Å². The zero-order chi connectivity index (χ0) is 19.6. The number of piperazine rings is 1. The van der Waals surface area contributed by atoms with E-state index in [1.54, 1.807) is 0 Å². The van der Waals surface area contributed by atoms with E-state index in [2.05, 4.69) is 46.2 Å². The molecule has 1 N–H and O–H groups in total. The molecular weight excluding hydrogens is 338 g/mol. The van der Waals surface area contributed by atoms with Gasteiger partial charge in [-0.2, -0.15) is 5.10 Å². The summed E-state index contributed by atoms with van der Waals surface area (Å²) in [5.41, 5.74) is 6.29. The molecule has 0 atom stereocenters. The van der Waals surface area contributed by atoms with Gasteiger partial charge in [-0.15, -0.1) is 0 Å². The minimum absolute atomic E-state index is 0.00194. The van der Waals surface area contributed by atoms with E-state index in [4.69, 9.17) is 0 Å². The highest BCUT2D eigenvalue weighted by Gasteiger charge is 2.18. The third kappa shape index (κ3) is 4.33. The van der Waals surface area contributed by atoms with Gasteiger partial charge in [0.15, 0.2) is 0 Å². The van der Waals surface area contributed by atoms with Crippen LogP contribution in [0.5, 0.6) is 0 Å². The van der Waals surface area contributed by atoms with Crippen molar-refractivity contribution in [3.8, 4) is 0 Å². The number of hydrogen-bond acceptors (Lipinski definition) is 4. The monoisotopic (exact) mass is 369 g/mol. The lowest BCUT2D eigenvalue weighted by molar-refractivity contribution is -0.115. The van der Waals surface area contributed by atoms with Crippen LogP contribution < -0.4 is 10.2 Å². The van der Waals surface area contributed by atoms with Gasteiger partial charge in [-0.05, 0) is 51.1 Å². The fraction of sp³-hybridized carbons (Fsp3) is 0.524. The number of nitrogens with zero attached hydrogens (tertiary/aromatic N) is 4. The van der Waals surface area contributed by atoms with E-state index in [0.717, 1.165) is 55.4 Å². The molecule has 6 heteroatoms. The molecule has 1 aromatic carbocycles. The van der Waals surface area contributed by atoms with Crippen molar-refractivity contribution in [2.75, 3.05) is 42.9 Å². The fourth-order valence-electron chi connectivity index (χ4n) is 3.83. The molecule has 2 heterocycles. The van der Waals surface area contributed by atoms with E-state index in [1.807, 2.05) is 31.6 Å². The van der Waals surface area contributed by atoms with Crippen molar-refractivity contribution in [3.05, 3.63) is 40.7 Å². The van der Waals surface area contributed by atoms with Crippen LogP contribution >= 0.6 is 0 Å². The highest BCUT2D eigenvalue weighted by atomic mass is 16.1. The molecule has 3 rings (SSSR count). The van der Waals surface area contributed by atoms with Crippen LogP contribution in [-0.4, -0.2) is 53.3 Å². The number of hydrogen-bond donors (Lipinski definition) is 1. The summed E-state index contributed by atoms with van der Waals surface area (Å²) in [6, 6.07) is 6.21. The van der Waals surface area contributed by atoms with Gasteiger partial charge in [0.25, 0.3) is 0 Å². The van der Waals surface area contributed by atoms with E-state index in [-0.39, 0.29) is 5.91 Å². The van der Waals surface area contributed by atoms with Crippen molar-refractivity contribution in [2.45, 2.75) is 34.1 Å². The predicted octanol–water partition coefficient (Wildman–Crippen LogP) is 2.67. The lowest BCUT2D eigenvalue weighted by atomic mass is 10.1. The van der Waals surface area contributed by atoms with Crippen LogP contribution in [-0.2, 0) is 18.3 Å². The fourth-order valence-corrected chi connectivity index (χ4v) is 3.83. The first-order valence-corrected chi connectivity index (χ1v) is 9.76. The second kappa shape index (κ2) is 8.13. The Labute approximate surface area is 162 Å². The maximum Gasteiger partial charge on any atom is 0.228 e. The average Bonchev–Trinajstić information content (AvgIpc) is 2.88. The number of rotatable bonds is 5. The molecule has 0 aliphatic carbocycles. The van der Waals surface area contributed by atoms with Gasteiger partial charge in [-0.1, -0.05) is 6.92 Å². The van der Waals surface area contributed by atoms with E-state index in [9.17, 15) is 4.79 Å². The molecular formula is C21H31N5O. The van der Waals surface area contributed by atoms with E-state index >= 15 is 0 Å². The lowest BCUT2D eigenvalue weighted by Crippen LogP contribution is -2.46. The second-order valence-electron chi connectivity index (χ2n) is 7.42. The van der Waals surface area contributed by atoms with Gasteiger partial charge in [-0.25, -0.2) is 0 Å². The minimum atomic E-state index is -0.00194. The van der Waals surface area contributed by atoms with Gasteiger partial charge >= 0.3 is 0 Å². The molecule has 1 aliphatic heterocycles. The third-order valence-electron chi connectivity index (χ3n) is 5.64. The van der Waals surface area contributed by atoms with Crippen molar-refractivity contribution in [1.82, 2.24) is 14.7 Å². The Balaban J connectivity index is 1.64. The third-order valence-corrected chi connectivity index (χ3v) is 5.64. The number of anilines is 2. The number of amides is 1. The van der Waals surface area contributed by atoms with Crippen molar-refractivity contribution in [2.24, 2.45) is 7.05 Å². The second-order valence-corrected chi connectivity index (χ2v) is 7.42. The first-order valence-electron chi connectivity index (χ1n) is 9.76. The maximum atomic E-state index is 12.5. The first-order chi connectivity index (χ1) is 12.9. The first kappa shape index (κ1) is 19.4. The summed E-state index contributed by atoms with van der Waals surface area (Å²) in [5.74, 6) is -0.00194. The summed E-state index contributed by atoms with van der Waals surface area (Å²) in [6.07, 6.45) is 0.352. The molecule has 27 heavy (non-hydrogen) atoms. The Morgan fingerprint density at radius 1 is 1.15 bits per heavy atom. The topological polar surface area (TPSA) is 53.4 Å². The number of nitrogens with one attached hydrogen (secondary N) is 1. The maximum absolute atomic E-state index is 12.5. The van der Waals surface area contributed by atoms with Gasteiger partial charge in [0.05, 0.1) is 12.1 Å². The van der Waals surface area contributed by atoms with Crippen LogP contribution in [0, 0.1) is 20.8 Å². The molecule has 1 aromatic heterocycles. The van der Waals surface area contributed by atoms with Gasteiger partial charge in [-0.3, -0.25) is 9.48 Å². The Morgan fingerprint density at radius 2 is 1.85 bits per heavy atom. The number of likely N-dealkylation sites (N-methyl/N-ethyl adjacent to an activating group) is 1. The van der Waals surface area contributed by atoms with E-state index in [0.29, 0.717) is 6.42 Å². The summed E-state index contributed by atoms with van der Waals surface area (Å²) in [6.45, 7) is 13.7. The van der Waals surface area contributed by atoms with Crippen LogP contribution in [0.15, 0.2) is 18.2 Å². The summed E-state index contributed by atoms with van der Waals surface area (Å²) >= 11 is 0. The summed E-state index contributed by atoms with van der Waals surface area (Å²) in [5, 5.41) is 7.43. The molecule has 0 unspecified atom stereocenters. The van der Waals surface area contributed by atoms with Gasteiger partial charge in [0, 0.05) is 55.9 Å². The Kier molecular flexibility index (Phi) is 5.85.